The summed E-state index contributed by atoms with van der Waals surface area (Å²) in [5, 5.41) is 0. The third-order valence-electron chi connectivity index (χ3n) is 6.07. The van der Waals surface area contributed by atoms with Gasteiger partial charge in [0.1, 0.15) is 0 Å². The van der Waals surface area contributed by atoms with Crippen molar-refractivity contribution in [2.75, 3.05) is 31.1 Å². The summed E-state index contributed by atoms with van der Waals surface area (Å²) < 4.78 is 27.0. The number of sulfonamides is 1. The average Bonchev–Trinajstić information content (AvgIpc) is 3.14. The second-order valence-corrected chi connectivity index (χ2v) is 9.99. The lowest BCUT2D eigenvalue weighted by atomic mass is 10.1. The van der Waals surface area contributed by atoms with Crippen molar-refractivity contribution < 1.29 is 22.8 Å². The lowest BCUT2D eigenvalue weighted by Gasteiger charge is -2.34. The summed E-state index contributed by atoms with van der Waals surface area (Å²) in [5.41, 5.74) is 1.51. The number of anilines is 1. The van der Waals surface area contributed by atoms with Crippen molar-refractivity contribution in [3.05, 3.63) is 95.6 Å². The van der Waals surface area contributed by atoms with E-state index < -0.39 is 21.8 Å². The van der Waals surface area contributed by atoms with Crippen LogP contribution < -0.4 is 4.90 Å². The second kappa shape index (κ2) is 8.51. The Kier molecular flexibility index (Phi) is 5.51. The Balaban J connectivity index is 1.26. The molecule has 9 heteroatoms. The zero-order chi connectivity index (χ0) is 23.9. The summed E-state index contributed by atoms with van der Waals surface area (Å²) in [4.78, 5) is 41.2. The van der Waals surface area contributed by atoms with Gasteiger partial charge in [-0.1, -0.05) is 30.3 Å². The molecule has 0 unspecified atom stereocenters. The number of imide groups is 1. The van der Waals surface area contributed by atoms with Gasteiger partial charge in [-0.05, 0) is 48.5 Å². The lowest BCUT2D eigenvalue weighted by molar-refractivity contribution is 0.0697. The number of hydrogen-bond acceptors (Lipinski definition) is 5. The van der Waals surface area contributed by atoms with Gasteiger partial charge < -0.3 is 4.90 Å². The number of benzene rings is 3. The molecule has 2 aliphatic heterocycles. The summed E-state index contributed by atoms with van der Waals surface area (Å²) in [6.45, 7) is 0.947. The zero-order valence-corrected chi connectivity index (χ0v) is 18.9. The molecule has 3 amide bonds. The molecule has 5 rings (SSSR count). The average molecular weight is 476 g/mol. The van der Waals surface area contributed by atoms with E-state index in [2.05, 4.69) is 0 Å². The predicted octanol–water partition coefficient (Wildman–Crippen LogP) is 2.63. The van der Waals surface area contributed by atoms with Crippen LogP contribution in [0.1, 0.15) is 31.1 Å². The van der Waals surface area contributed by atoms with Crippen molar-refractivity contribution >= 4 is 33.4 Å². The highest BCUT2D eigenvalue weighted by molar-refractivity contribution is 7.89. The quantitative estimate of drug-likeness (QED) is 0.541. The van der Waals surface area contributed by atoms with E-state index in [0.717, 1.165) is 4.90 Å². The fraction of sp³-hybridized carbons (Fsp3) is 0.160. The Labute approximate surface area is 197 Å². The highest BCUT2D eigenvalue weighted by Gasteiger charge is 2.36. The number of nitrogens with zero attached hydrogens (tertiary/aromatic N) is 3. The number of carbonyl (C=O) groups excluding carboxylic acids is 3. The summed E-state index contributed by atoms with van der Waals surface area (Å²) in [6.07, 6.45) is 0. The molecular formula is C25H21N3O5S. The molecule has 0 saturated carbocycles. The number of rotatable bonds is 4. The van der Waals surface area contributed by atoms with Crippen LogP contribution in [0, 0.1) is 0 Å². The molecule has 1 fully saturated rings. The SMILES string of the molecule is O=C(c1ccc(N2C(=O)c3ccccc3C2=O)cc1)N1CCN(S(=O)(=O)c2ccccc2)CC1. The lowest BCUT2D eigenvalue weighted by Crippen LogP contribution is -2.50. The molecule has 2 heterocycles. The smallest absolute Gasteiger partial charge is 0.266 e. The van der Waals surface area contributed by atoms with Crippen molar-refractivity contribution in [2.24, 2.45) is 0 Å². The van der Waals surface area contributed by atoms with Crippen LogP contribution in [0.4, 0.5) is 5.69 Å². The number of fused-ring (bicyclic) bond motifs is 1. The van der Waals surface area contributed by atoms with Crippen molar-refractivity contribution in [2.45, 2.75) is 4.90 Å². The molecule has 3 aromatic carbocycles. The van der Waals surface area contributed by atoms with Crippen LogP contribution in [0.5, 0.6) is 0 Å². The van der Waals surface area contributed by atoms with Crippen LogP contribution in [0.25, 0.3) is 0 Å². The maximum absolute atomic E-state index is 13.0. The molecule has 0 radical (unpaired) electrons. The fourth-order valence-corrected chi connectivity index (χ4v) is 5.68. The summed E-state index contributed by atoms with van der Waals surface area (Å²) in [6, 6.07) is 21.2. The third-order valence-corrected chi connectivity index (χ3v) is 7.99. The van der Waals surface area contributed by atoms with Gasteiger partial charge in [0.2, 0.25) is 10.0 Å². The molecule has 2 aliphatic rings. The summed E-state index contributed by atoms with van der Waals surface area (Å²) in [5.74, 6) is -1.02. The van der Waals surface area contributed by atoms with Crippen molar-refractivity contribution in [3.63, 3.8) is 0 Å². The first-order valence-electron chi connectivity index (χ1n) is 10.8. The van der Waals surface area contributed by atoms with Crippen LogP contribution in [-0.2, 0) is 10.0 Å². The molecule has 0 spiro atoms. The zero-order valence-electron chi connectivity index (χ0n) is 18.1. The minimum atomic E-state index is -3.60. The first-order valence-corrected chi connectivity index (χ1v) is 12.2. The highest BCUT2D eigenvalue weighted by Crippen LogP contribution is 2.28. The predicted molar refractivity (Wildman–Crippen MR) is 125 cm³/mol. The van der Waals surface area contributed by atoms with E-state index in [9.17, 15) is 22.8 Å². The first-order chi connectivity index (χ1) is 16.4. The molecule has 1 saturated heterocycles. The Bertz CT molecular complexity index is 1340. The Morgan fingerprint density at radius 2 is 1.21 bits per heavy atom. The first kappa shape index (κ1) is 22.0. The Morgan fingerprint density at radius 1 is 0.676 bits per heavy atom. The van der Waals surface area contributed by atoms with E-state index in [1.165, 1.54) is 4.31 Å². The Morgan fingerprint density at radius 3 is 1.76 bits per heavy atom. The van der Waals surface area contributed by atoms with Gasteiger partial charge in [-0.25, -0.2) is 13.3 Å². The van der Waals surface area contributed by atoms with Crippen LogP contribution in [0.3, 0.4) is 0 Å². The van der Waals surface area contributed by atoms with Gasteiger partial charge in [-0.15, -0.1) is 0 Å². The van der Waals surface area contributed by atoms with Gasteiger partial charge in [0.15, 0.2) is 0 Å². The summed E-state index contributed by atoms with van der Waals surface area (Å²) in [7, 11) is -3.60. The van der Waals surface area contributed by atoms with Crippen LogP contribution in [0.2, 0.25) is 0 Å². The minimum Gasteiger partial charge on any atom is -0.336 e. The number of hydrogen-bond donors (Lipinski definition) is 0. The maximum Gasteiger partial charge on any atom is 0.266 e. The van der Waals surface area contributed by atoms with E-state index in [4.69, 9.17) is 0 Å². The van der Waals surface area contributed by atoms with E-state index in [1.807, 2.05) is 0 Å². The molecule has 0 aliphatic carbocycles. The number of amides is 3. The van der Waals surface area contributed by atoms with Gasteiger partial charge in [0.25, 0.3) is 17.7 Å². The molecule has 0 aromatic heterocycles. The molecule has 3 aromatic rings. The van der Waals surface area contributed by atoms with Crippen LogP contribution in [-0.4, -0.2) is 61.5 Å². The van der Waals surface area contributed by atoms with Crippen LogP contribution in [0.15, 0.2) is 83.8 Å². The second-order valence-electron chi connectivity index (χ2n) is 8.05. The van der Waals surface area contributed by atoms with Crippen molar-refractivity contribution in [3.8, 4) is 0 Å². The van der Waals surface area contributed by atoms with E-state index in [1.54, 1.807) is 83.8 Å². The van der Waals surface area contributed by atoms with E-state index in [0.29, 0.717) is 22.4 Å². The van der Waals surface area contributed by atoms with Gasteiger partial charge in [-0.3, -0.25) is 14.4 Å². The van der Waals surface area contributed by atoms with Gasteiger partial charge in [0, 0.05) is 31.7 Å². The van der Waals surface area contributed by atoms with Crippen molar-refractivity contribution in [1.29, 1.82) is 0 Å². The largest absolute Gasteiger partial charge is 0.336 e. The molecular weight excluding hydrogens is 454 g/mol. The molecule has 0 N–H and O–H groups in total. The third kappa shape index (κ3) is 3.68. The van der Waals surface area contributed by atoms with Crippen molar-refractivity contribution in [1.82, 2.24) is 9.21 Å². The molecule has 0 atom stereocenters. The topological polar surface area (TPSA) is 95.1 Å². The highest BCUT2D eigenvalue weighted by atomic mass is 32.2. The fourth-order valence-electron chi connectivity index (χ4n) is 4.23. The van der Waals surface area contributed by atoms with Gasteiger partial charge in [-0.2, -0.15) is 4.31 Å². The Hall–Kier alpha value is -3.82. The summed E-state index contributed by atoms with van der Waals surface area (Å²) >= 11 is 0. The van der Waals surface area contributed by atoms with Gasteiger partial charge in [0.05, 0.1) is 21.7 Å². The maximum atomic E-state index is 13.0. The monoisotopic (exact) mass is 475 g/mol. The number of carbonyl (C=O) groups is 3. The van der Waals surface area contributed by atoms with E-state index in [-0.39, 0.29) is 37.0 Å². The standard InChI is InChI=1S/C25H21N3O5S/c29-23(26-14-16-27(17-15-26)34(32,33)20-6-2-1-3-7-20)18-10-12-19(13-11-18)28-24(30)21-8-4-5-9-22(21)25(28)31/h1-13H,14-17H2. The normalized spacial score (nSPS) is 16.6. The molecule has 0 bridgehead atoms. The minimum absolute atomic E-state index is 0.204. The number of piperazine rings is 1. The van der Waals surface area contributed by atoms with Crippen LogP contribution >= 0.6 is 0 Å². The molecule has 172 valence electrons. The molecule has 8 nitrogen and oxygen atoms in total. The van der Waals surface area contributed by atoms with Gasteiger partial charge >= 0.3 is 0 Å². The van der Waals surface area contributed by atoms with E-state index >= 15 is 0 Å². The molecule has 34 heavy (non-hydrogen) atoms.